The Bertz CT molecular complexity index is 951. The van der Waals surface area contributed by atoms with Crippen LogP contribution in [-0.2, 0) is 23.6 Å². The Morgan fingerprint density at radius 1 is 1.21 bits per heavy atom. The highest BCUT2D eigenvalue weighted by Gasteiger charge is 2.33. The van der Waals surface area contributed by atoms with Crippen molar-refractivity contribution in [3.05, 3.63) is 45.9 Å². The van der Waals surface area contributed by atoms with E-state index in [1.165, 1.54) is 8.87 Å². The Morgan fingerprint density at radius 2 is 1.92 bits per heavy atom. The minimum atomic E-state index is -3.47. The fraction of sp³-hybridized carbons (Fsp3) is 0.353. The van der Waals surface area contributed by atoms with Gasteiger partial charge in [0.15, 0.2) is 0 Å². The summed E-state index contributed by atoms with van der Waals surface area (Å²) in [7, 11) is -0.227. The third kappa shape index (κ3) is 2.53. The molecular weight excluding hydrogens is 328 g/mol. The molecule has 0 radical (unpaired) electrons. The average molecular weight is 348 g/mol. The molecule has 2 aromatic rings. The van der Waals surface area contributed by atoms with Gasteiger partial charge in [-0.15, -0.1) is 0 Å². The van der Waals surface area contributed by atoms with Gasteiger partial charge in [-0.2, -0.15) is 4.31 Å². The van der Waals surface area contributed by atoms with Crippen molar-refractivity contribution in [2.75, 3.05) is 13.7 Å². The van der Waals surface area contributed by atoms with Crippen LogP contribution in [0.25, 0.3) is 11.1 Å². The van der Waals surface area contributed by atoms with Crippen LogP contribution in [0.1, 0.15) is 18.1 Å². The van der Waals surface area contributed by atoms with Crippen LogP contribution in [-0.4, -0.2) is 30.9 Å². The van der Waals surface area contributed by atoms with E-state index in [1.54, 1.807) is 45.4 Å². The Morgan fingerprint density at radius 3 is 2.54 bits per heavy atom. The zero-order chi connectivity index (χ0) is 17.6. The van der Waals surface area contributed by atoms with Gasteiger partial charge in [0.05, 0.1) is 11.5 Å². The summed E-state index contributed by atoms with van der Waals surface area (Å²) in [6.07, 6.45) is 1.70. The highest BCUT2D eigenvalue weighted by atomic mass is 32.2. The second kappa shape index (κ2) is 5.75. The van der Waals surface area contributed by atoms with Crippen molar-refractivity contribution in [3.8, 4) is 16.9 Å². The van der Waals surface area contributed by atoms with Gasteiger partial charge < -0.3 is 9.30 Å². The normalized spacial score (nSPS) is 16.2. The minimum absolute atomic E-state index is 0.0785. The SMILES string of the molecule is CCOc1cc2c(cc1-c1cc(C)c(=O)n(C)c1)S(=O)(=O)N(C)C2. The molecule has 1 aliphatic heterocycles. The maximum absolute atomic E-state index is 12.5. The smallest absolute Gasteiger partial charge is 0.253 e. The van der Waals surface area contributed by atoms with Crippen LogP contribution in [0.4, 0.5) is 0 Å². The van der Waals surface area contributed by atoms with E-state index in [2.05, 4.69) is 0 Å². The first-order valence-electron chi connectivity index (χ1n) is 7.69. The molecule has 3 rings (SSSR count). The van der Waals surface area contributed by atoms with Crippen molar-refractivity contribution in [1.29, 1.82) is 0 Å². The molecule has 0 amide bonds. The number of nitrogens with zero attached hydrogens (tertiary/aromatic N) is 2. The van der Waals surface area contributed by atoms with Crippen molar-refractivity contribution in [2.45, 2.75) is 25.3 Å². The maximum Gasteiger partial charge on any atom is 0.253 e. The van der Waals surface area contributed by atoms with E-state index in [4.69, 9.17) is 4.74 Å². The molecule has 0 fully saturated rings. The first-order valence-corrected chi connectivity index (χ1v) is 9.13. The Hall–Kier alpha value is -2.12. The quantitative estimate of drug-likeness (QED) is 0.849. The van der Waals surface area contributed by atoms with E-state index in [0.717, 1.165) is 11.1 Å². The molecular formula is C17H20N2O4S. The van der Waals surface area contributed by atoms with Gasteiger partial charge in [-0.1, -0.05) is 0 Å². The lowest BCUT2D eigenvalue weighted by Gasteiger charge is -2.14. The minimum Gasteiger partial charge on any atom is -0.493 e. The summed E-state index contributed by atoms with van der Waals surface area (Å²) in [5.41, 5.74) is 2.67. The van der Waals surface area contributed by atoms with Crippen LogP contribution in [0.3, 0.4) is 0 Å². The lowest BCUT2D eigenvalue weighted by Crippen LogP contribution is -2.19. The first kappa shape index (κ1) is 16.7. The van der Waals surface area contributed by atoms with E-state index < -0.39 is 10.0 Å². The molecule has 0 spiro atoms. The number of aryl methyl sites for hydroxylation is 2. The van der Waals surface area contributed by atoms with Crippen LogP contribution < -0.4 is 10.3 Å². The van der Waals surface area contributed by atoms with Gasteiger partial charge in [-0.05, 0) is 37.6 Å². The number of benzene rings is 1. The Kier molecular flexibility index (Phi) is 4.01. The number of sulfonamides is 1. The topological polar surface area (TPSA) is 68.6 Å². The summed E-state index contributed by atoms with van der Waals surface area (Å²) < 4.78 is 33.5. The van der Waals surface area contributed by atoms with E-state index in [1.807, 2.05) is 6.92 Å². The summed E-state index contributed by atoms with van der Waals surface area (Å²) in [6.45, 7) is 4.43. The fourth-order valence-electron chi connectivity index (χ4n) is 2.98. The lowest BCUT2D eigenvalue weighted by molar-refractivity contribution is 0.341. The van der Waals surface area contributed by atoms with Gasteiger partial charge >= 0.3 is 0 Å². The molecule has 1 aliphatic rings. The number of hydrogen-bond acceptors (Lipinski definition) is 4. The van der Waals surface area contributed by atoms with Crippen LogP contribution in [0.5, 0.6) is 5.75 Å². The number of hydrogen-bond donors (Lipinski definition) is 0. The van der Waals surface area contributed by atoms with Crippen molar-refractivity contribution in [3.63, 3.8) is 0 Å². The van der Waals surface area contributed by atoms with Crippen molar-refractivity contribution >= 4 is 10.0 Å². The molecule has 0 unspecified atom stereocenters. The van der Waals surface area contributed by atoms with Gasteiger partial charge in [0.2, 0.25) is 10.0 Å². The van der Waals surface area contributed by atoms with Gasteiger partial charge in [-0.3, -0.25) is 4.79 Å². The Labute approximate surface area is 141 Å². The van der Waals surface area contributed by atoms with Gasteiger partial charge in [0.1, 0.15) is 5.75 Å². The van der Waals surface area contributed by atoms with Gasteiger partial charge in [0, 0.05) is 43.5 Å². The molecule has 1 aromatic carbocycles. The number of pyridine rings is 1. The molecule has 0 atom stereocenters. The van der Waals surface area contributed by atoms with E-state index in [9.17, 15) is 13.2 Å². The molecule has 6 nitrogen and oxygen atoms in total. The van der Waals surface area contributed by atoms with E-state index >= 15 is 0 Å². The fourth-order valence-corrected chi connectivity index (χ4v) is 4.35. The largest absolute Gasteiger partial charge is 0.493 e. The van der Waals surface area contributed by atoms with Gasteiger partial charge in [0.25, 0.3) is 5.56 Å². The molecule has 7 heteroatoms. The zero-order valence-corrected chi connectivity index (χ0v) is 15.0. The average Bonchev–Trinajstić information content (AvgIpc) is 2.73. The number of rotatable bonds is 3. The summed E-state index contributed by atoms with van der Waals surface area (Å²) in [6, 6.07) is 5.20. The highest BCUT2D eigenvalue weighted by molar-refractivity contribution is 7.89. The summed E-state index contributed by atoms with van der Waals surface area (Å²) >= 11 is 0. The second-order valence-electron chi connectivity index (χ2n) is 5.98. The van der Waals surface area contributed by atoms with Crippen molar-refractivity contribution in [1.82, 2.24) is 8.87 Å². The molecule has 24 heavy (non-hydrogen) atoms. The number of aromatic nitrogens is 1. The van der Waals surface area contributed by atoms with Gasteiger partial charge in [-0.25, -0.2) is 8.42 Å². The molecule has 0 saturated carbocycles. The van der Waals surface area contributed by atoms with Crippen molar-refractivity contribution < 1.29 is 13.2 Å². The molecule has 0 saturated heterocycles. The van der Waals surface area contributed by atoms with Crippen LogP contribution >= 0.6 is 0 Å². The van der Waals surface area contributed by atoms with Crippen molar-refractivity contribution in [2.24, 2.45) is 7.05 Å². The molecule has 128 valence electrons. The van der Waals surface area contributed by atoms with Crippen LogP contribution in [0.15, 0.2) is 34.1 Å². The monoisotopic (exact) mass is 348 g/mol. The standard InChI is InChI=1S/C17H20N2O4S/c1-5-23-15-7-13-10-19(4)24(21,22)16(13)8-14(15)12-6-11(2)17(20)18(3)9-12/h6-9H,5,10H2,1-4H3. The summed E-state index contributed by atoms with van der Waals surface area (Å²) in [4.78, 5) is 12.2. The zero-order valence-electron chi connectivity index (χ0n) is 14.2. The molecule has 1 aromatic heterocycles. The number of ether oxygens (including phenoxy) is 1. The van der Waals surface area contributed by atoms with Crippen LogP contribution in [0.2, 0.25) is 0 Å². The predicted octanol–water partition coefficient (Wildman–Crippen LogP) is 1.89. The lowest BCUT2D eigenvalue weighted by atomic mass is 10.0. The Balaban J connectivity index is 2.28. The number of fused-ring (bicyclic) bond motifs is 1. The maximum atomic E-state index is 12.5. The third-order valence-electron chi connectivity index (χ3n) is 4.22. The first-order chi connectivity index (χ1) is 11.3. The summed E-state index contributed by atoms with van der Waals surface area (Å²) in [5.74, 6) is 0.625. The summed E-state index contributed by atoms with van der Waals surface area (Å²) in [5, 5.41) is 0. The molecule has 0 N–H and O–H groups in total. The van der Waals surface area contributed by atoms with Crippen LogP contribution in [0, 0.1) is 6.92 Å². The second-order valence-corrected chi connectivity index (χ2v) is 7.99. The van der Waals surface area contributed by atoms with E-state index in [0.29, 0.717) is 34.9 Å². The highest BCUT2D eigenvalue weighted by Crippen LogP contribution is 2.39. The molecule has 0 bridgehead atoms. The third-order valence-corrected chi connectivity index (χ3v) is 6.10. The molecule has 0 aliphatic carbocycles. The molecule has 2 heterocycles. The predicted molar refractivity (Wildman–Crippen MR) is 91.7 cm³/mol. The van der Waals surface area contributed by atoms with E-state index in [-0.39, 0.29) is 5.56 Å².